The number of carbonyl (C=O) groups is 1. The molecule has 2 aliphatic rings. The van der Waals surface area contributed by atoms with Gasteiger partial charge in [0.15, 0.2) is 0 Å². The van der Waals surface area contributed by atoms with Crippen LogP contribution in [0.4, 0.5) is 0 Å². The molecular weight excluding hydrogens is 184 g/mol. The quantitative estimate of drug-likeness (QED) is 0.691. The molecule has 1 atom stereocenters. The lowest BCUT2D eigenvalue weighted by Gasteiger charge is -2.07. The van der Waals surface area contributed by atoms with Crippen LogP contribution in [0.1, 0.15) is 38.5 Å². The molecule has 0 spiro atoms. The second-order valence-electron chi connectivity index (χ2n) is 4.17. The second kappa shape index (κ2) is 3.91. The van der Waals surface area contributed by atoms with Crippen molar-refractivity contribution in [1.29, 1.82) is 0 Å². The molecule has 0 aromatic heterocycles. The smallest absolute Gasteiger partial charge is 0.148 e. The van der Waals surface area contributed by atoms with E-state index in [0.29, 0.717) is 11.0 Å². The summed E-state index contributed by atoms with van der Waals surface area (Å²) >= 11 is 0. The molecule has 0 aliphatic heterocycles. The third-order valence-corrected chi connectivity index (χ3v) is 4.78. The molecule has 2 nitrogen and oxygen atoms in total. The van der Waals surface area contributed by atoms with Gasteiger partial charge >= 0.3 is 0 Å². The standard InChI is InChI=1S/C10H16O2S/c11-10(8-5-6-8)7-13(12)9-3-1-2-4-9/h8-9H,1-7H2. The Labute approximate surface area is 81.5 Å². The fourth-order valence-electron chi connectivity index (χ4n) is 1.93. The van der Waals surface area contributed by atoms with Gasteiger partial charge in [-0.05, 0) is 25.7 Å². The lowest BCUT2D eigenvalue weighted by molar-refractivity contribution is -0.117. The van der Waals surface area contributed by atoms with Gasteiger partial charge in [0.25, 0.3) is 0 Å². The van der Waals surface area contributed by atoms with Crippen LogP contribution in [0, 0.1) is 5.92 Å². The molecule has 2 aliphatic carbocycles. The molecular formula is C10H16O2S. The number of Topliss-reactive ketones (excluding diaryl/α,β-unsaturated/α-hetero) is 1. The minimum atomic E-state index is -0.856. The fraction of sp³-hybridized carbons (Fsp3) is 0.900. The van der Waals surface area contributed by atoms with Gasteiger partial charge in [-0.3, -0.25) is 9.00 Å². The summed E-state index contributed by atoms with van der Waals surface area (Å²) in [5, 5.41) is 0.336. The maximum atomic E-state index is 11.7. The highest BCUT2D eigenvalue weighted by Gasteiger charge is 2.32. The molecule has 2 rings (SSSR count). The highest BCUT2D eigenvalue weighted by atomic mass is 32.2. The predicted octanol–water partition coefficient (Wildman–Crippen LogP) is 1.66. The summed E-state index contributed by atoms with van der Waals surface area (Å²) in [7, 11) is -0.856. The Morgan fingerprint density at radius 3 is 2.31 bits per heavy atom. The van der Waals surface area contributed by atoms with Crippen LogP contribution in [0.3, 0.4) is 0 Å². The van der Waals surface area contributed by atoms with Crippen LogP contribution in [0.2, 0.25) is 0 Å². The van der Waals surface area contributed by atoms with Gasteiger partial charge in [0.1, 0.15) is 5.78 Å². The van der Waals surface area contributed by atoms with Gasteiger partial charge in [-0.2, -0.15) is 0 Å². The van der Waals surface area contributed by atoms with Gasteiger partial charge in [0.2, 0.25) is 0 Å². The minimum Gasteiger partial charge on any atom is -0.298 e. The van der Waals surface area contributed by atoms with Gasteiger partial charge in [-0.1, -0.05) is 12.8 Å². The first-order chi connectivity index (χ1) is 6.27. The normalized spacial score (nSPS) is 26.2. The molecule has 0 bridgehead atoms. The zero-order valence-electron chi connectivity index (χ0n) is 7.83. The van der Waals surface area contributed by atoms with E-state index in [9.17, 15) is 9.00 Å². The van der Waals surface area contributed by atoms with Crippen LogP contribution < -0.4 is 0 Å². The maximum Gasteiger partial charge on any atom is 0.148 e. The molecule has 0 radical (unpaired) electrons. The van der Waals surface area contributed by atoms with Gasteiger partial charge in [-0.25, -0.2) is 0 Å². The van der Waals surface area contributed by atoms with Crippen LogP contribution >= 0.6 is 0 Å². The highest BCUT2D eigenvalue weighted by Crippen LogP contribution is 2.31. The van der Waals surface area contributed by atoms with Gasteiger partial charge in [-0.15, -0.1) is 0 Å². The van der Waals surface area contributed by atoms with Crippen molar-refractivity contribution in [2.24, 2.45) is 5.92 Å². The van der Waals surface area contributed by atoms with E-state index < -0.39 is 10.8 Å². The monoisotopic (exact) mass is 200 g/mol. The highest BCUT2D eigenvalue weighted by molar-refractivity contribution is 7.86. The second-order valence-corrected chi connectivity index (χ2v) is 5.89. The summed E-state index contributed by atoms with van der Waals surface area (Å²) in [6, 6.07) is 0. The minimum absolute atomic E-state index is 0.255. The van der Waals surface area contributed by atoms with Crippen molar-refractivity contribution in [2.75, 3.05) is 5.75 Å². The van der Waals surface area contributed by atoms with E-state index >= 15 is 0 Å². The molecule has 0 heterocycles. The van der Waals surface area contributed by atoms with Gasteiger partial charge in [0, 0.05) is 22.0 Å². The van der Waals surface area contributed by atoms with Crippen LogP contribution in [0.5, 0.6) is 0 Å². The van der Waals surface area contributed by atoms with E-state index in [-0.39, 0.29) is 11.7 Å². The first-order valence-electron chi connectivity index (χ1n) is 5.17. The molecule has 0 aromatic rings. The van der Waals surface area contributed by atoms with Crippen molar-refractivity contribution >= 4 is 16.6 Å². The average Bonchev–Trinajstić information content (AvgIpc) is 2.81. The summed E-state index contributed by atoms with van der Waals surface area (Å²) < 4.78 is 11.7. The third-order valence-electron chi connectivity index (χ3n) is 2.99. The van der Waals surface area contributed by atoms with Crippen molar-refractivity contribution in [3.63, 3.8) is 0 Å². The zero-order chi connectivity index (χ0) is 9.26. The Morgan fingerprint density at radius 1 is 1.15 bits per heavy atom. The molecule has 0 saturated heterocycles. The first-order valence-corrected chi connectivity index (χ1v) is 6.55. The van der Waals surface area contributed by atoms with E-state index in [4.69, 9.17) is 0 Å². The van der Waals surface area contributed by atoms with E-state index in [0.717, 1.165) is 25.7 Å². The lowest BCUT2D eigenvalue weighted by Crippen LogP contribution is -2.20. The zero-order valence-corrected chi connectivity index (χ0v) is 8.65. The Balaban J connectivity index is 1.79. The van der Waals surface area contributed by atoms with Gasteiger partial charge in [0.05, 0.1) is 5.75 Å². The number of rotatable bonds is 4. The van der Waals surface area contributed by atoms with E-state index in [1.807, 2.05) is 0 Å². The molecule has 0 aromatic carbocycles. The maximum absolute atomic E-state index is 11.7. The summed E-state index contributed by atoms with van der Waals surface area (Å²) in [6.45, 7) is 0. The van der Waals surface area contributed by atoms with Crippen molar-refractivity contribution < 1.29 is 9.00 Å². The SMILES string of the molecule is O=C(CS(=O)C1CCCC1)C1CC1. The first kappa shape index (κ1) is 9.38. The van der Waals surface area contributed by atoms with Crippen molar-refractivity contribution in [1.82, 2.24) is 0 Å². The Kier molecular flexibility index (Phi) is 2.82. The predicted molar refractivity (Wildman–Crippen MR) is 53.0 cm³/mol. The van der Waals surface area contributed by atoms with Crippen LogP contribution in [0.25, 0.3) is 0 Å². The Morgan fingerprint density at radius 2 is 1.77 bits per heavy atom. The summed E-state index contributed by atoms with van der Waals surface area (Å²) in [4.78, 5) is 11.4. The van der Waals surface area contributed by atoms with Crippen LogP contribution in [-0.4, -0.2) is 21.0 Å². The van der Waals surface area contributed by atoms with E-state index in [1.165, 1.54) is 12.8 Å². The van der Waals surface area contributed by atoms with E-state index in [1.54, 1.807) is 0 Å². The molecule has 0 N–H and O–H groups in total. The van der Waals surface area contributed by atoms with Crippen LogP contribution in [0.15, 0.2) is 0 Å². The van der Waals surface area contributed by atoms with Crippen molar-refractivity contribution in [3.05, 3.63) is 0 Å². The molecule has 74 valence electrons. The lowest BCUT2D eigenvalue weighted by atomic mass is 10.3. The van der Waals surface area contributed by atoms with Crippen molar-refractivity contribution in [3.8, 4) is 0 Å². The Bertz CT molecular complexity index is 227. The third kappa shape index (κ3) is 2.39. The molecule has 2 fully saturated rings. The summed E-state index contributed by atoms with van der Waals surface area (Å²) in [5.74, 6) is 0.880. The molecule has 0 amide bonds. The molecule has 3 heteroatoms. The van der Waals surface area contributed by atoms with E-state index in [2.05, 4.69) is 0 Å². The summed E-state index contributed by atoms with van der Waals surface area (Å²) in [6.07, 6.45) is 6.64. The molecule has 13 heavy (non-hydrogen) atoms. The topological polar surface area (TPSA) is 34.1 Å². The number of ketones is 1. The number of carbonyl (C=O) groups excluding carboxylic acids is 1. The average molecular weight is 200 g/mol. The van der Waals surface area contributed by atoms with Gasteiger partial charge < -0.3 is 0 Å². The number of hydrogen-bond donors (Lipinski definition) is 0. The van der Waals surface area contributed by atoms with Crippen molar-refractivity contribution in [2.45, 2.75) is 43.8 Å². The summed E-state index contributed by atoms with van der Waals surface area (Å²) in [5.41, 5.74) is 0. The fourth-order valence-corrected chi connectivity index (χ4v) is 3.54. The van der Waals surface area contributed by atoms with Crippen LogP contribution in [-0.2, 0) is 15.6 Å². The Hall–Kier alpha value is -0.180. The molecule has 2 saturated carbocycles. The largest absolute Gasteiger partial charge is 0.298 e. The number of hydrogen-bond acceptors (Lipinski definition) is 2. The molecule has 1 unspecified atom stereocenters.